The summed E-state index contributed by atoms with van der Waals surface area (Å²) in [5.41, 5.74) is 1.42. The molecule has 9 heteroatoms. The Hall–Kier alpha value is -2.51. The quantitative estimate of drug-likeness (QED) is 0.421. The van der Waals surface area contributed by atoms with Crippen LogP contribution in [-0.4, -0.2) is 26.0 Å². The molecule has 0 amide bonds. The van der Waals surface area contributed by atoms with Gasteiger partial charge in [-0.2, -0.15) is 5.10 Å². The lowest BCUT2D eigenvalue weighted by Crippen LogP contribution is -2.16. The standard InChI is InChI=1S/C26H25Cl3N2O4/c1-26(2,34)23-13-17(31(30-23)24-20(27)4-3-5-21(24)28)14-35-18-9-6-15(7-10-18)19-11-8-16(25(32)33)12-22(19)29/h3-6,8-11,13,15-16,34H,7,12,14H2,1-2H3,(H,32,33). The lowest BCUT2D eigenvalue weighted by Gasteiger charge is -2.23. The number of allylic oxidation sites excluding steroid dienone is 6. The zero-order valence-electron chi connectivity index (χ0n) is 19.2. The molecule has 2 aliphatic carbocycles. The summed E-state index contributed by atoms with van der Waals surface area (Å²) in [6.07, 6.45) is 10.3. The molecule has 0 spiro atoms. The number of carboxylic acids is 1. The van der Waals surface area contributed by atoms with Gasteiger partial charge in [0.1, 0.15) is 23.7 Å². The first-order chi connectivity index (χ1) is 16.5. The van der Waals surface area contributed by atoms with Gasteiger partial charge in [-0.3, -0.25) is 4.79 Å². The largest absolute Gasteiger partial charge is 0.488 e. The average molecular weight is 536 g/mol. The monoisotopic (exact) mass is 534 g/mol. The predicted octanol–water partition coefficient (Wildman–Crippen LogP) is 6.54. The first-order valence-corrected chi connectivity index (χ1v) is 12.2. The maximum absolute atomic E-state index is 11.2. The molecule has 6 nitrogen and oxygen atoms in total. The number of para-hydroxylation sites is 1. The lowest BCUT2D eigenvalue weighted by atomic mass is 9.86. The third-order valence-electron chi connectivity index (χ3n) is 5.95. The molecule has 1 heterocycles. The van der Waals surface area contributed by atoms with Crippen molar-refractivity contribution >= 4 is 40.8 Å². The summed E-state index contributed by atoms with van der Waals surface area (Å²) in [6, 6.07) is 6.98. The van der Waals surface area contributed by atoms with Gasteiger partial charge in [-0.15, -0.1) is 0 Å². The fourth-order valence-electron chi connectivity index (χ4n) is 3.99. The van der Waals surface area contributed by atoms with E-state index >= 15 is 0 Å². The Morgan fingerprint density at radius 3 is 2.49 bits per heavy atom. The molecule has 0 fully saturated rings. The summed E-state index contributed by atoms with van der Waals surface area (Å²) >= 11 is 19.2. The fraction of sp³-hybridized carbons (Fsp3) is 0.308. The Kier molecular flexibility index (Phi) is 7.48. The minimum atomic E-state index is -1.16. The Morgan fingerprint density at radius 2 is 1.91 bits per heavy atom. The highest BCUT2D eigenvalue weighted by Crippen LogP contribution is 2.36. The van der Waals surface area contributed by atoms with Crippen LogP contribution in [0.3, 0.4) is 0 Å². The van der Waals surface area contributed by atoms with Crippen molar-refractivity contribution in [3.8, 4) is 5.69 Å². The van der Waals surface area contributed by atoms with Crippen LogP contribution in [0, 0.1) is 11.8 Å². The Labute approximate surface area is 218 Å². The van der Waals surface area contributed by atoms with E-state index in [9.17, 15) is 15.0 Å². The molecular formula is C26H25Cl3N2O4. The summed E-state index contributed by atoms with van der Waals surface area (Å²) in [4.78, 5) is 11.2. The maximum Gasteiger partial charge on any atom is 0.310 e. The molecule has 1 aromatic carbocycles. The molecule has 4 rings (SSSR count). The third-order valence-corrected chi connectivity index (χ3v) is 6.93. The highest BCUT2D eigenvalue weighted by molar-refractivity contribution is 6.37. The molecular weight excluding hydrogens is 511 g/mol. The summed E-state index contributed by atoms with van der Waals surface area (Å²) in [6.45, 7) is 3.49. The van der Waals surface area contributed by atoms with Crippen molar-refractivity contribution in [1.82, 2.24) is 9.78 Å². The van der Waals surface area contributed by atoms with E-state index in [0.29, 0.717) is 50.8 Å². The van der Waals surface area contributed by atoms with Crippen molar-refractivity contribution in [1.29, 1.82) is 0 Å². The van der Waals surface area contributed by atoms with Gasteiger partial charge in [-0.25, -0.2) is 4.68 Å². The first kappa shape index (κ1) is 25.6. The first-order valence-electron chi connectivity index (χ1n) is 11.1. The Balaban J connectivity index is 1.50. The Morgan fingerprint density at radius 1 is 1.20 bits per heavy atom. The lowest BCUT2D eigenvalue weighted by molar-refractivity contribution is -0.140. The normalized spacial score (nSPS) is 20.2. The van der Waals surface area contributed by atoms with E-state index in [4.69, 9.17) is 39.5 Å². The van der Waals surface area contributed by atoms with Gasteiger partial charge in [0.15, 0.2) is 0 Å². The number of halogens is 3. The van der Waals surface area contributed by atoms with Gasteiger partial charge in [0, 0.05) is 17.4 Å². The van der Waals surface area contributed by atoms with Crippen LogP contribution in [0.15, 0.2) is 71.0 Å². The number of hydrogen-bond acceptors (Lipinski definition) is 4. The van der Waals surface area contributed by atoms with Gasteiger partial charge in [0.05, 0.1) is 27.4 Å². The predicted molar refractivity (Wildman–Crippen MR) is 137 cm³/mol. The number of aromatic nitrogens is 2. The molecule has 0 aliphatic heterocycles. The van der Waals surface area contributed by atoms with Crippen LogP contribution in [-0.2, 0) is 21.7 Å². The zero-order chi connectivity index (χ0) is 25.3. The number of aliphatic carboxylic acids is 1. The van der Waals surface area contributed by atoms with Gasteiger partial charge in [0.25, 0.3) is 0 Å². The number of rotatable bonds is 7. The highest BCUT2D eigenvalue weighted by Gasteiger charge is 2.26. The number of carbonyl (C=O) groups is 1. The fourth-order valence-corrected chi connectivity index (χ4v) is 4.91. The van der Waals surface area contributed by atoms with E-state index in [0.717, 1.165) is 5.57 Å². The molecule has 2 aliphatic rings. The minimum absolute atomic E-state index is 0.0510. The smallest absolute Gasteiger partial charge is 0.310 e. The molecule has 2 atom stereocenters. The number of ether oxygens (including phenoxy) is 1. The van der Waals surface area contributed by atoms with Crippen LogP contribution >= 0.6 is 34.8 Å². The van der Waals surface area contributed by atoms with Gasteiger partial charge >= 0.3 is 5.97 Å². The van der Waals surface area contributed by atoms with Crippen molar-refractivity contribution in [3.63, 3.8) is 0 Å². The van der Waals surface area contributed by atoms with E-state index in [1.54, 1.807) is 48.9 Å². The van der Waals surface area contributed by atoms with Gasteiger partial charge < -0.3 is 14.9 Å². The molecule has 1 aromatic heterocycles. The summed E-state index contributed by atoms with van der Waals surface area (Å²) < 4.78 is 7.65. The van der Waals surface area contributed by atoms with Gasteiger partial charge in [-0.1, -0.05) is 59.1 Å². The summed E-state index contributed by atoms with van der Waals surface area (Å²) in [7, 11) is 0. The van der Waals surface area contributed by atoms with Crippen molar-refractivity contribution in [2.75, 3.05) is 0 Å². The van der Waals surface area contributed by atoms with Crippen LogP contribution in [0.25, 0.3) is 5.69 Å². The van der Waals surface area contributed by atoms with Gasteiger partial charge in [-0.05, 0) is 56.2 Å². The minimum Gasteiger partial charge on any atom is -0.488 e. The van der Waals surface area contributed by atoms with E-state index in [2.05, 4.69) is 5.10 Å². The number of aliphatic hydroxyl groups is 1. The Bertz CT molecular complexity index is 1250. The van der Waals surface area contributed by atoms with Crippen molar-refractivity contribution in [3.05, 3.63) is 92.4 Å². The van der Waals surface area contributed by atoms with Crippen molar-refractivity contribution in [2.24, 2.45) is 11.8 Å². The van der Waals surface area contributed by atoms with Crippen LogP contribution < -0.4 is 0 Å². The van der Waals surface area contributed by atoms with Crippen molar-refractivity contribution < 1.29 is 19.7 Å². The number of benzene rings is 1. The average Bonchev–Trinajstić information content (AvgIpc) is 3.22. The summed E-state index contributed by atoms with van der Waals surface area (Å²) in [5, 5.41) is 25.7. The molecule has 0 saturated carbocycles. The molecule has 2 aromatic rings. The van der Waals surface area contributed by atoms with E-state index in [1.807, 2.05) is 24.3 Å². The second-order valence-electron chi connectivity index (χ2n) is 9.03. The molecule has 0 bridgehead atoms. The second kappa shape index (κ2) is 10.2. The topological polar surface area (TPSA) is 84.6 Å². The zero-order valence-corrected chi connectivity index (χ0v) is 21.5. The van der Waals surface area contributed by atoms with E-state index in [-0.39, 0.29) is 12.5 Å². The van der Waals surface area contributed by atoms with Crippen LogP contribution in [0.5, 0.6) is 0 Å². The van der Waals surface area contributed by atoms with Crippen LogP contribution in [0.2, 0.25) is 10.0 Å². The highest BCUT2D eigenvalue weighted by atomic mass is 35.5. The molecule has 0 saturated heterocycles. The molecule has 184 valence electrons. The molecule has 0 radical (unpaired) electrons. The molecule has 2 N–H and O–H groups in total. The molecule has 2 unspecified atom stereocenters. The maximum atomic E-state index is 11.2. The number of carboxylic acid groups (broad SMARTS) is 1. The van der Waals surface area contributed by atoms with E-state index in [1.165, 1.54) is 0 Å². The number of nitrogens with zero attached hydrogens (tertiary/aromatic N) is 2. The second-order valence-corrected chi connectivity index (χ2v) is 10.3. The van der Waals surface area contributed by atoms with E-state index < -0.39 is 17.5 Å². The van der Waals surface area contributed by atoms with Crippen molar-refractivity contribution in [2.45, 2.75) is 38.9 Å². The van der Waals surface area contributed by atoms with Crippen LogP contribution in [0.1, 0.15) is 38.1 Å². The summed E-state index contributed by atoms with van der Waals surface area (Å²) in [5.74, 6) is -0.726. The van der Waals surface area contributed by atoms with Gasteiger partial charge in [0.2, 0.25) is 0 Å². The number of hydrogen-bond donors (Lipinski definition) is 2. The third kappa shape index (κ3) is 5.67. The SMILES string of the molecule is CC(C)(O)c1cc(COC2=CCC(C3=C(Cl)CC(C(=O)O)C=C3)C=C2)n(-c2c(Cl)cccc2Cl)n1. The molecule has 35 heavy (non-hydrogen) atoms. The van der Waals surface area contributed by atoms with Crippen LogP contribution in [0.4, 0.5) is 0 Å².